The minimum Gasteiger partial charge on any atom is -0.366 e. The molecule has 156 valence electrons. The summed E-state index contributed by atoms with van der Waals surface area (Å²) >= 11 is 0. The first-order valence-electron chi connectivity index (χ1n) is 10.5. The average Bonchev–Trinajstić information content (AvgIpc) is 2.68. The molecule has 0 saturated carbocycles. The highest BCUT2D eigenvalue weighted by Gasteiger charge is 2.38. The zero-order valence-corrected chi connectivity index (χ0v) is 22.8. The third-order valence-electron chi connectivity index (χ3n) is 4.76. The molecule has 5 heteroatoms. The zero-order valence-electron chi connectivity index (χ0n) is 19.0. The monoisotopic (exact) mass is 465 g/mol. The Kier molecular flexibility index (Phi) is 7.53. The van der Waals surface area contributed by atoms with Crippen molar-refractivity contribution in [2.45, 2.75) is 39.3 Å². The number of hydrogen-bond donors (Lipinski definition) is 0. The highest BCUT2D eigenvalue weighted by atomic mass is 31.4. The second kappa shape index (κ2) is 9.75. The molecule has 1 atom stereocenters. The van der Waals surface area contributed by atoms with Gasteiger partial charge in [-0.3, -0.25) is 0 Å². The van der Waals surface area contributed by atoms with Crippen molar-refractivity contribution in [2.75, 3.05) is 4.57 Å². The molecule has 0 fully saturated rings. The number of benzene rings is 3. The van der Waals surface area contributed by atoms with E-state index < -0.39 is 23.4 Å². The molecular formula is C25H33NP2Si2. The first kappa shape index (κ1) is 23.2. The molecule has 0 N–H and O–H groups in total. The van der Waals surface area contributed by atoms with Gasteiger partial charge < -0.3 is 4.57 Å². The fourth-order valence-electron chi connectivity index (χ4n) is 3.58. The van der Waals surface area contributed by atoms with Crippen molar-refractivity contribution in [3.63, 3.8) is 0 Å². The van der Waals surface area contributed by atoms with E-state index in [1.807, 2.05) is 0 Å². The molecule has 0 bridgehead atoms. The van der Waals surface area contributed by atoms with Crippen molar-refractivity contribution in [1.29, 1.82) is 0 Å². The number of anilines is 1. The SMILES string of the molecule is C[Si](C)(C)N(C(=Pc1ccccc1)P(c1ccccc1)[Si](C)(C)C)c1ccccc1. The Bertz CT molecular complexity index is 903. The maximum atomic E-state index is 2.76. The van der Waals surface area contributed by atoms with Gasteiger partial charge in [0, 0.05) is 11.0 Å². The quantitative estimate of drug-likeness (QED) is 0.261. The van der Waals surface area contributed by atoms with E-state index in [9.17, 15) is 0 Å². The van der Waals surface area contributed by atoms with Crippen LogP contribution in [-0.4, -0.2) is 21.1 Å². The van der Waals surface area contributed by atoms with Crippen LogP contribution < -0.4 is 15.2 Å². The highest BCUT2D eigenvalue weighted by molar-refractivity contribution is 8.15. The Labute approximate surface area is 187 Å². The Morgan fingerprint density at radius 2 is 1.13 bits per heavy atom. The molecule has 0 aliphatic carbocycles. The molecule has 3 aromatic rings. The smallest absolute Gasteiger partial charge is 0.154 e. The largest absolute Gasteiger partial charge is 0.366 e. The predicted molar refractivity (Wildman–Crippen MR) is 147 cm³/mol. The summed E-state index contributed by atoms with van der Waals surface area (Å²) in [6, 6.07) is 33.4. The van der Waals surface area contributed by atoms with Crippen molar-refractivity contribution >= 4 is 53.1 Å². The van der Waals surface area contributed by atoms with Crippen LogP contribution in [0.1, 0.15) is 0 Å². The lowest BCUT2D eigenvalue weighted by Crippen LogP contribution is -2.51. The van der Waals surface area contributed by atoms with Crippen LogP contribution in [0.3, 0.4) is 0 Å². The van der Waals surface area contributed by atoms with Crippen LogP contribution in [0, 0.1) is 0 Å². The van der Waals surface area contributed by atoms with Gasteiger partial charge in [0.2, 0.25) is 0 Å². The average molecular weight is 466 g/mol. The molecule has 3 rings (SSSR count). The van der Waals surface area contributed by atoms with E-state index in [4.69, 9.17) is 0 Å². The van der Waals surface area contributed by atoms with Crippen LogP contribution in [0.15, 0.2) is 91.0 Å². The number of rotatable bonds is 7. The zero-order chi connectivity index (χ0) is 21.8. The van der Waals surface area contributed by atoms with Gasteiger partial charge in [0.05, 0.1) is 12.9 Å². The lowest BCUT2D eigenvalue weighted by Gasteiger charge is -2.44. The molecular weight excluding hydrogens is 432 g/mol. The first-order valence-corrected chi connectivity index (χ1v) is 20.5. The molecule has 3 aromatic carbocycles. The summed E-state index contributed by atoms with van der Waals surface area (Å²) in [5.41, 5.74) is 1.34. The number of nitrogens with zero attached hydrogens (tertiary/aromatic N) is 1. The summed E-state index contributed by atoms with van der Waals surface area (Å²) in [5, 5.41) is 4.50. The minimum atomic E-state index is -1.69. The fraction of sp³-hybridized carbons (Fsp3) is 0.240. The Hall–Kier alpha value is -1.51. The van der Waals surface area contributed by atoms with Crippen LogP contribution in [0.25, 0.3) is 0 Å². The summed E-state index contributed by atoms with van der Waals surface area (Å²) < 4.78 is 2.76. The van der Waals surface area contributed by atoms with E-state index >= 15 is 0 Å². The van der Waals surface area contributed by atoms with Crippen LogP contribution in [-0.2, 0) is 0 Å². The van der Waals surface area contributed by atoms with Crippen LogP contribution in [0.5, 0.6) is 0 Å². The van der Waals surface area contributed by atoms with Crippen molar-refractivity contribution in [3.05, 3.63) is 91.0 Å². The molecule has 0 amide bonds. The van der Waals surface area contributed by atoms with Gasteiger partial charge in [-0.25, -0.2) is 0 Å². The van der Waals surface area contributed by atoms with Crippen molar-refractivity contribution in [3.8, 4) is 0 Å². The van der Waals surface area contributed by atoms with Gasteiger partial charge >= 0.3 is 0 Å². The summed E-state index contributed by atoms with van der Waals surface area (Å²) in [6.07, 6.45) is 0. The maximum Gasteiger partial charge on any atom is 0.154 e. The third-order valence-corrected chi connectivity index (χ3v) is 17.6. The lowest BCUT2D eigenvalue weighted by atomic mass is 10.3. The van der Waals surface area contributed by atoms with Gasteiger partial charge in [-0.15, -0.1) is 0 Å². The molecule has 0 aliphatic heterocycles. The number of para-hydroxylation sites is 1. The summed E-state index contributed by atoms with van der Waals surface area (Å²) in [7, 11) is -2.27. The molecule has 0 radical (unpaired) electrons. The van der Waals surface area contributed by atoms with E-state index in [0.29, 0.717) is 0 Å². The third kappa shape index (κ3) is 5.80. The highest BCUT2D eigenvalue weighted by Crippen LogP contribution is 2.51. The van der Waals surface area contributed by atoms with Gasteiger partial charge in [0.1, 0.15) is 0 Å². The minimum absolute atomic E-state index is 0.407. The van der Waals surface area contributed by atoms with E-state index in [-0.39, 0.29) is 0 Å². The Balaban J connectivity index is 2.30. The van der Waals surface area contributed by atoms with Crippen LogP contribution >= 0.6 is 15.7 Å². The molecule has 1 unspecified atom stereocenters. The summed E-state index contributed by atoms with van der Waals surface area (Å²) in [5.74, 6) is 0. The normalized spacial score (nSPS) is 13.7. The van der Waals surface area contributed by atoms with Crippen LogP contribution in [0.4, 0.5) is 5.69 Å². The lowest BCUT2D eigenvalue weighted by molar-refractivity contribution is 1.42. The molecule has 0 aromatic heterocycles. The van der Waals surface area contributed by atoms with Gasteiger partial charge in [-0.1, -0.05) is 118 Å². The van der Waals surface area contributed by atoms with Gasteiger partial charge in [0.15, 0.2) is 8.24 Å². The number of hydrogen-bond acceptors (Lipinski definition) is 0. The van der Waals surface area contributed by atoms with Crippen LogP contribution in [0.2, 0.25) is 39.3 Å². The van der Waals surface area contributed by atoms with Crippen molar-refractivity contribution < 1.29 is 0 Å². The van der Waals surface area contributed by atoms with Gasteiger partial charge in [-0.05, 0) is 33.1 Å². The fourth-order valence-corrected chi connectivity index (χ4v) is 19.9. The molecule has 1 nitrogen and oxygen atoms in total. The molecule has 0 saturated heterocycles. The van der Waals surface area contributed by atoms with E-state index in [1.165, 1.54) is 24.5 Å². The van der Waals surface area contributed by atoms with E-state index in [2.05, 4.69) is 135 Å². The van der Waals surface area contributed by atoms with Crippen molar-refractivity contribution in [1.82, 2.24) is 0 Å². The molecule has 0 heterocycles. The molecule has 0 aliphatic rings. The first-order chi connectivity index (χ1) is 14.2. The second-order valence-electron chi connectivity index (χ2n) is 9.43. The van der Waals surface area contributed by atoms with E-state index in [0.717, 1.165) is 0 Å². The summed E-state index contributed by atoms with van der Waals surface area (Å²) in [6.45, 7) is 15.1. The topological polar surface area (TPSA) is 3.24 Å². The van der Waals surface area contributed by atoms with Gasteiger partial charge in [0.25, 0.3) is 0 Å². The second-order valence-corrected chi connectivity index (χ2v) is 27.1. The maximum absolute atomic E-state index is 2.76. The Morgan fingerprint density at radius 1 is 0.667 bits per heavy atom. The molecule has 0 spiro atoms. The van der Waals surface area contributed by atoms with Gasteiger partial charge in [-0.2, -0.15) is 0 Å². The standard InChI is InChI=1S/C25H33NP2Si2/c1-29(2,3)26(22-16-10-7-11-17-22)25(27-23-18-12-8-13-19-23)28(30(4,5)6)24-20-14-9-15-21-24/h7-21H,1-6H3. The summed E-state index contributed by atoms with van der Waals surface area (Å²) in [4.78, 5) is 0. The van der Waals surface area contributed by atoms with Crippen molar-refractivity contribution in [2.24, 2.45) is 0 Å². The Morgan fingerprint density at radius 3 is 1.60 bits per heavy atom. The predicted octanol–water partition coefficient (Wildman–Crippen LogP) is 7.33. The molecule has 30 heavy (non-hydrogen) atoms. The van der Waals surface area contributed by atoms with E-state index in [1.54, 1.807) is 5.16 Å².